The van der Waals surface area contributed by atoms with Crippen LogP contribution >= 0.6 is 0 Å². The lowest BCUT2D eigenvalue weighted by Gasteiger charge is -2.30. The Labute approximate surface area is 477 Å². The minimum Gasteiger partial charge on any atom is -0.480 e. The fourth-order valence-electron chi connectivity index (χ4n) is 9.76. The summed E-state index contributed by atoms with van der Waals surface area (Å²) in [5.41, 5.74) is 20.3. The third-order valence-corrected chi connectivity index (χ3v) is 14.3. The Balaban J connectivity index is 1.38. The monoisotopic (exact) mass is 1140 g/mol. The third-order valence-electron chi connectivity index (χ3n) is 14.3. The maximum absolute atomic E-state index is 14.8. The van der Waals surface area contributed by atoms with Crippen molar-refractivity contribution in [3.63, 3.8) is 0 Å². The standard InChI is InChI=1S/C57H83N15O10/c1-7-34(6)48(71-50(75)41(19-13-21-62-57(59)60)67-53(78)46-20-14-22-72(46)55(80)39(58)25-35-15-9-8-10-16-35)54(79)70-43(26-36-28-63-40-18-12-11-17-38(36)40)52(77)68-42(23-32(2)3)51(76)69-44(27-37-29-61-31-65-37)49(74)64-30-47(73)66-45(56(81)82)24-33(4)5/h8-12,15-18,28-29,31-34,39,41-46,48,63H,7,13-14,19-27,30,58H2,1-6H3,(H,61,65)(H,64,74)(H,66,73)(H,67,78)(H,68,77)(H,69,76)(H,70,79)(H,71,75)(H,81,82)(H4,59,60,62)/t34-,39-,41-,42-,43-,44-,45-,46-,48-/m0/s1. The number of nitrogens with two attached hydrogens (primary N) is 3. The Kier molecular flexibility index (Phi) is 24.8. The van der Waals surface area contributed by atoms with Crippen LogP contribution in [0.15, 0.2) is 78.3 Å². The molecule has 0 radical (unpaired) electrons. The number of likely N-dealkylation sites (tertiary alicyclic amines) is 1. The van der Waals surface area contributed by atoms with Crippen molar-refractivity contribution >= 4 is 70.1 Å². The molecule has 0 saturated carbocycles. The van der Waals surface area contributed by atoms with Gasteiger partial charge in [0.1, 0.15) is 42.3 Å². The van der Waals surface area contributed by atoms with Gasteiger partial charge in [-0.3, -0.25) is 43.3 Å². The first-order chi connectivity index (χ1) is 39.0. The van der Waals surface area contributed by atoms with Gasteiger partial charge < -0.3 is 74.4 Å². The number of aromatic amines is 2. The highest BCUT2D eigenvalue weighted by molar-refractivity contribution is 5.98. The number of hydrogen-bond acceptors (Lipinski definition) is 12. The third kappa shape index (κ3) is 19.7. The van der Waals surface area contributed by atoms with Gasteiger partial charge in [0.2, 0.25) is 47.3 Å². The van der Waals surface area contributed by atoms with Gasteiger partial charge in [0, 0.05) is 54.9 Å². The predicted octanol–water partition coefficient (Wildman–Crippen LogP) is 0.539. The zero-order valence-electron chi connectivity index (χ0n) is 47.7. The Morgan fingerprint density at radius 3 is 2.02 bits per heavy atom. The second kappa shape index (κ2) is 31.6. The van der Waals surface area contributed by atoms with Crippen molar-refractivity contribution < 1.29 is 48.3 Å². The molecule has 446 valence electrons. The van der Waals surface area contributed by atoms with Crippen LogP contribution in [-0.4, -0.2) is 152 Å². The van der Waals surface area contributed by atoms with Crippen LogP contribution in [0.1, 0.15) is 103 Å². The number of aliphatic imine (C=N–C) groups is 1. The van der Waals surface area contributed by atoms with Crippen molar-refractivity contribution in [1.82, 2.24) is 57.1 Å². The van der Waals surface area contributed by atoms with Gasteiger partial charge >= 0.3 is 5.97 Å². The van der Waals surface area contributed by atoms with Crippen LogP contribution in [0.5, 0.6) is 0 Å². The summed E-state index contributed by atoms with van der Waals surface area (Å²) in [6, 6.07) is 7.15. The zero-order chi connectivity index (χ0) is 60.0. The van der Waals surface area contributed by atoms with Gasteiger partial charge in [-0.1, -0.05) is 96.5 Å². The van der Waals surface area contributed by atoms with Gasteiger partial charge in [-0.05, 0) is 79.9 Å². The van der Waals surface area contributed by atoms with Crippen LogP contribution in [0.3, 0.4) is 0 Å². The van der Waals surface area contributed by atoms with Crippen LogP contribution in [0.2, 0.25) is 0 Å². The first-order valence-corrected chi connectivity index (χ1v) is 28.0. The average Bonchev–Trinajstić information content (AvgIpc) is 4.35. The van der Waals surface area contributed by atoms with E-state index in [0.29, 0.717) is 30.5 Å². The lowest BCUT2D eigenvalue weighted by molar-refractivity contribution is -0.142. The van der Waals surface area contributed by atoms with E-state index in [1.165, 1.54) is 17.4 Å². The largest absolute Gasteiger partial charge is 0.480 e. The zero-order valence-corrected chi connectivity index (χ0v) is 47.7. The summed E-state index contributed by atoms with van der Waals surface area (Å²) in [5, 5.41) is 29.4. The van der Waals surface area contributed by atoms with Gasteiger partial charge in [-0.25, -0.2) is 9.78 Å². The number of nitrogens with zero attached hydrogens (tertiary/aromatic N) is 3. The maximum Gasteiger partial charge on any atom is 0.326 e. The molecule has 2 aromatic heterocycles. The molecule has 1 saturated heterocycles. The van der Waals surface area contributed by atoms with Crippen molar-refractivity contribution in [3.05, 3.63) is 90.1 Å². The highest BCUT2D eigenvalue weighted by Gasteiger charge is 2.39. The number of carboxylic acid groups (broad SMARTS) is 1. The van der Waals surface area contributed by atoms with Gasteiger partial charge in [0.15, 0.2) is 5.96 Å². The number of nitrogens with one attached hydrogen (secondary N) is 9. The summed E-state index contributed by atoms with van der Waals surface area (Å²) < 4.78 is 0. The van der Waals surface area contributed by atoms with Crippen molar-refractivity contribution in [2.75, 3.05) is 19.6 Å². The smallest absolute Gasteiger partial charge is 0.326 e. The van der Waals surface area contributed by atoms with E-state index in [1.54, 1.807) is 27.0 Å². The number of hydrogen-bond donors (Lipinski definition) is 13. The van der Waals surface area contributed by atoms with Crippen molar-refractivity contribution in [2.24, 2.45) is 39.9 Å². The van der Waals surface area contributed by atoms with E-state index in [0.717, 1.165) is 16.5 Å². The van der Waals surface area contributed by atoms with Crippen LogP contribution < -0.4 is 54.4 Å². The molecule has 1 aliphatic rings. The van der Waals surface area contributed by atoms with Gasteiger partial charge in [0.25, 0.3) is 0 Å². The van der Waals surface area contributed by atoms with E-state index in [1.807, 2.05) is 75.4 Å². The molecule has 2 aromatic carbocycles. The van der Waals surface area contributed by atoms with E-state index >= 15 is 0 Å². The molecule has 9 atom stereocenters. The molecule has 4 aromatic rings. The second-order valence-electron chi connectivity index (χ2n) is 21.8. The van der Waals surface area contributed by atoms with E-state index < -0.39 is 114 Å². The second-order valence-corrected chi connectivity index (χ2v) is 21.8. The van der Waals surface area contributed by atoms with Crippen LogP contribution in [0, 0.1) is 17.8 Å². The fraction of sp³-hybridized carbons (Fsp3) is 0.526. The molecular formula is C57H83N15O10. The van der Waals surface area contributed by atoms with Crippen molar-refractivity contribution in [2.45, 2.75) is 154 Å². The van der Waals surface area contributed by atoms with Gasteiger partial charge in [-0.2, -0.15) is 0 Å². The molecule has 25 nitrogen and oxygen atoms in total. The molecule has 0 unspecified atom stereocenters. The summed E-state index contributed by atoms with van der Waals surface area (Å²) in [7, 11) is 0. The van der Waals surface area contributed by atoms with Crippen LogP contribution in [0.4, 0.5) is 0 Å². The Morgan fingerprint density at radius 2 is 1.37 bits per heavy atom. The van der Waals surface area contributed by atoms with E-state index in [9.17, 15) is 48.3 Å². The number of rotatable bonds is 32. The topological polar surface area (TPSA) is 396 Å². The number of carbonyl (C=O) groups is 9. The Morgan fingerprint density at radius 1 is 0.732 bits per heavy atom. The molecule has 16 N–H and O–H groups in total. The number of aliphatic carboxylic acids is 1. The lowest BCUT2D eigenvalue weighted by atomic mass is 9.96. The van der Waals surface area contributed by atoms with E-state index in [-0.39, 0.29) is 75.8 Å². The molecule has 3 heterocycles. The van der Waals surface area contributed by atoms with E-state index in [2.05, 4.69) is 57.2 Å². The minimum atomic E-state index is -1.36. The number of amides is 8. The van der Waals surface area contributed by atoms with Gasteiger partial charge in [-0.15, -0.1) is 0 Å². The molecule has 5 rings (SSSR count). The molecule has 0 spiro atoms. The Hall–Kier alpha value is -8.35. The fourth-order valence-corrected chi connectivity index (χ4v) is 9.76. The number of aromatic nitrogens is 3. The Bertz CT molecular complexity index is 2820. The predicted molar refractivity (Wildman–Crippen MR) is 308 cm³/mol. The number of H-pyrrole nitrogens is 2. The molecule has 25 heteroatoms. The summed E-state index contributed by atoms with van der Waals surface area (Å²) in [5.74, 6) is -7.68. The number of imidazole rings is 1. The average molecular weight is 1140 g/mol. The lowest BCUT2D eigenvalue weighted by Crippen LogP contribution is -2.61. The number of carbonyl (C=O) groups excluding carboxylic acids is 8. The summed E-state index contributed by atoms with van der Waals surface area (Å²) in [6.07, 6.45) is 6.35. The number of fused-ring (bicyclic) bond motifs is 1. The van der Waals surface area contributed by atoms with Crippen molar-refractivity contribution in [1.29, 1.82) is 0 Å². The molecule has 1 aliphatic heterocycles. The van der Waals surface area contributed by atoms with Crippen molar-refractivity contribution in [3.8, 4) is 0 Å². The number of benzene rings is 2. The molecule has 1 fully saturated rings. The SMILES string of the molecule is CC[C@H](C)[C@H](NC(=O)[C@H](CCCN=C(N)N)NC(=O)[C@@H]1CCCN1C(=O)[C@@H](N)Cc1ccccc1)C(=O)N[C@@H](Cc1c[nH]c2ccccc12)C(=O)N[C@@H](CC(C)C)C(=O)N[C@@H](Cc1cnc[nH]1)C(=O)NCC(=O)N[C@@H](CC(C)C)C(=O)O. The molecule has 8 amide bonds. The number of guanidine groups is 1. The highest BCUT2D eigenvalue weighted by Crippen LogP contribution is 2.22. The highest BCUT2D eigenvalue weighted by atomic mass is 16.4. The number of carboxylic acids is 1. The summed E-state index contributed by atoms with van der Waals surface area (Å²) >= 11 is 0. The molecular weight excluding hydrogens is 1050 g/mol. The minimum absolute atomic E-state index is 0.0354. The van der Waals surface area contributed by atoms with Crippen LogP contribution in [-0.2, 0) is 62.4 Å². The van der Waals surface area contributed by atoms with E-state index in [4.69, 9.17) is 17.2 Å². The first-order valence-electron chi connectivity index (χ1n) is 28.0. The maximum atomic E-state index is 14.8. The van der Waals surface area contributed by atoms with Crippen LogP contribution in [0.25, 0.3) is 10.9 Å². The molecule has 82 heavy (non-hydrogen) atoms. The number of para-hydroxylation sites is 1. The normalized spacial score (nSPS) is 16.1. The molecule has 0 aliphatic carbocycles. The molecule has 0 bridgehead atoms. The summed E-state index contributed by atoms with van der Waals surface area (Å²) in [4.78, 5) is 141. The van der Waals surface area contributed by atoms with Gasteiger partial charge in [0.05, 0.1) is 18.9 Å². The quantitative estimate of drug-likeness (QED) is 0.0180. The summed E-state index contributed by atoms with van der Waals surface area (Å²) in [6.45, 7) is 10.6. The first kappa shape index (κ1) is 64.5.